The van der Waals surface area contributed by atoms with Crippen molar-refractivity contribution in [3.05, 3.63) is 39.9 Å². The zero-order valence-corrected chi connectivity index (χ0v) is 13.4. The highest BCUT2D eigenvalue weighted by Gasteiger charge is 2.38. The zero-order valence-electron chi connectivity index (χ0n) is 13.4. The molecule has 1 aromatic heterocycles. The van der Waals surface area contributed by atoms with E-state index in [0.717, 1.165) is 40.4 Å². The van der Waals surface area contributed by atoms with Gasteiger partial charge in [-0.2, -0.15) is 0 Å². The monoisotopic (exact) mass is 282 g/mol. The van der Waals surface area contributed by atoms with E-state index in [1.54, 1.807) is 0 Å². The van der Waals surface area contributed by atoms with Gasteiger partial charge in [0.05, 0.1) is 11.4 Å². The molecule has 1 aliphatic carbocycles. The number of hydrogen-bond acceptors (Lipinski definition) is 2. The third-order valence-electron chi connectivity index (χ3n) is 4.34. The normalized spacial score (nSPS) is 22.8. The van der Waals surface area contributed by atoms with E-state index in [1.807, 2.05) is 13.8 Å². The molecule has 1 N–H and O–H groups in total. The third kappa shape index (κ3) is 2.41. The molecule has 0 spiro atoms. The predicted molar refractivity (Wildman–Crippen MR) is 86.4 cm³/mol. The van der Waals surface area contributed by atoms with Crippen LogP contribution in [0.25, 0.3) is 6.08 Å². The molecule has 0 saturated heterocycles. The highest BCUT2D eigenvalue weighted by molar-refractivity contribution is 6.27. The summed E-state index contributed by atoms with van der Waals surface area (Å²) >= 11 is 0. The van der Waals surface area contributed by atoms with E-state index < -0.39 is 0 Å². The van der Waals surface area contributed by atoms with Crippen LogP contribution in [-0.2, 0) is 4.79 Å². The van der Waals surface area contributed by atoms with Gasteiger partial charge in [0.15, 0.2) is 5.78 Å². The average Bonchev–Trinajstić information content (AvgIpc) is 2.79. The van der Waals surface area contributed by atoms with Gasteiger partial charge in [0.1, 0.15) is 0 Å². The van der Waals surface area contributed by atoms with Crippen molar-refractivity contribution in [3.63, 3.8) is 0 Å². The summed E-state index contributed by atoms with van der Waals surface area (Å²) in [5.74, 6) is 0.241. The number of Topliss-reactive ketones (excluding diaryl/α,β-unsaturated/α-hetero) is 1. The second-order valence-corrected chi connectivity index (χ2v) is 7.08. The number of aromatic amines is 1. The Morgan fingerprint density at radius 3 is 2.57 bits per heavy atom. The van der Waals surface area contributed by atoms with Crippen LogP contribution in [0.3, 0.4) is 0 Å². The number of aryl methyl sites for hydroxylation is 2. The van der Waals surface area contributed by atoms with Crippen molar-refractivity contribution in [1.29, 1.82) is 0 Å². The smallest absolute Gasteiger partial charge is 0.165 e. The van der Waals surface area contributed by atoms with Gasteiger partial charge in [0.2, 0.25) is 0 Å². The zero-order chi connectivity index (χ0) is 15.4. The first kappa shape index (κ1) is 14.1. The van der Waals surface area contributed by atoms with Crippen molar-refractivity contribution in [2.24, 2.45) is 10.4 Å². The molecule has 1 saturated carbocycles. The number of allylic oxidation sites excluding steroid dienone is 2. The van der Waals surface area contributed by atoms with Gasteiger partial charge >= 0.3 is 0 Å². The van der Waals surface area contributed by atoms with Crippen molar-refractivity contribution >= 4 is 17.6 Å². The Hall–Kier alpha value is -1.90. The van der Waals surface area contributed by atoms with Crippen molar-refractivity contribution < 1.29 is 4.79 Å². The lowest BCUT2D eigenvalue weighted by Gasteiger charge is -2.29. The number of nitrogens with zero attached hydrogens (tertiary/aromatic N) is 1. The molecule has 21 heavy (non-hydrogen) atoms. The maximum atomic E-state index is 12.4. The van der Waals surface area contributed by atoms with Crippen LogP contribution in [0, 0.1) is 19.3 Å². The molecule has 0 radical (unpaired) electrons. The predicted octanol–water partition coefficient (Wildman–Crippen LogP) is 4.13. The number of aliphatic imine (C=N–C) groups is 1. The number of hydrogen-bond donors (Lipinski definition) is 1. The fourth-order valence-electron chi connectivity index (χ4n) is 3.34. The van der Waals surface area contributed by atoms with E-state index in [-0.39, 0.29) is 11.2 Å². The quantitative estimate of drug-likeness (QED) is 0.827. The van der Waals surface area contributed by atoms with Crippen molar-refractivity contribution in [1.82, 2.24) is 4.98 Å². The van der Waals surface area contributed by atoms with Crippen LogP contribution in [0.15, 0.2) is 27.9 Å². The summed E-state index contributed by atoms with van der Waals surface area (Å²) in [7, 11) is 0. The number of fused-ring (bicyclic) bond motifs is 1. The molecule has 1 fully saturated rings. The Bertz CT molecular complexity index is 726. The Morgan fingerprint density at radius 2 is 1.95 bits per heavy atom. The standard InChI is InChI=1S/C18H22N2O/c1-10-6-11(2)19-13(10)7-14-12(3)17-15(20-14)8-18(4,5)9-16(17)21/h6-7,19H,8-9H2,1-5H3. The summed E-state index contributed by atoms with van der Waals surface area (Å²) in [5, 5.41) is 0. The van der Waals surface area contributed by atoms with Crippen molar-refractivity contribution in [3.8, 4) is 0 Å². The fraction of sp³-hybridized carbons (Fsp3) is 0.444. The molecule has 1 aliphatic heterocycles. The van der Waals surface area contributed by atoms with Gasteiger partial charge in [0, 0.05) is 23.4 Å². The Labute approximate surface area is 125 Å². The molecule has 0 amide bonds. The third-order valence-corrected chi connectivity index (χ3v) is 4.34. The minimum Gasteiger partial charge on any atom is -0.359 e. The molecule has 3 rings (SSSR count). The molecule has 110 valence electrons. The van der Waals surface area contributed by atoms with Gasteiger partial charge in [-0.05, 0) is 55.9 Å². The minimum absolute atomic E-state index is 0.0219. The van der Waals surface area contributed by atoms with Gasteiger partial charge in [-0.25, -0.2) is 0 Å². The number of carbonyl (C=O) groups is 1. The van der Waals surface area contributed by atoms with Crippen LogP contribution in [0.2, 0.25) is 0 Å². The molecule has 3 heteroatoms. The summed E-state index contributed by atoms with van der Waals surface area (Å²) in [4.78, 5) is 20.5. The first-order valence-electron chi connectivity index (χ1n) is 7.47. The van der Waals surface area contributed by atoms with Crippen LogP contribution >= 0.6 is 0 Å². The fourth-order valence-corrected chi connectivity index (χ4v) is 3.34. The molecule has 0 atom stereocenters. The number of rotatable bonds is 1. The maximum Gasteiger partial charge on any atom is 0.165 e. The van der Waals surface area contributed by atoms with E-state index in [2.05, 4.69) is 37.9 Å². The number of carbonyl (C=O) groups excluding carboxylic acids is 1. The van der Waals surface area contributed by atoms with Gasteiger partial charge < -0.3 is 4.98 Å². The molecule has 3 nitrogen and oxygen atoms in total. The summed E-state index contributed by atoms with van der Waals surface area (Å²) in [6.07, 6.45) is 3.56. The second kappa shape index (κ2) is 4.55. The van der Waals surface area contributed by atoms with Gasteiger partial charge in [0.25, 0.3) is 0 Å². The highest BCUT2D eigenvalue weighted by atomic mass is 16.1. The van der Waals surface area contributed by atoms with Gasteiger partial charge in [-0.3, -0.25) is 9.79 Å². The lowest BCUT2D eigenvalue weighted by atomic mass is 9.73. The molecular formula is C18H22N2O. The van der Waals surface area contributed by atoms with Gasteiger partial charge in [-0.1, -0.05) is 13.8 Å². The number of ketones is 1. The maximum absolute atomic E-state index is 12.4. The Kier molecular flexibility index (Phi) is 3.05. The molecule has 0 unspecified atom stereocenters. The lowest BCUT2D eigenvalue weighted by Crippen LogP contribution is -2.30. The van der Waals surface area contributed by atoms with E-state index in [4.69, 9.17) is 4.99 Å². The SMILES string of the molecule is CC1=C2C(=O)CC(C)(C)CC2=NC1=Cc1[nH]c(C)cc1C. The lowest BCUT2D eigenvalue weighted by molar-refractivity contribution is -0.117. The molecule has 1 aromatic rings. The highest BCUT2D eigenvalue weighted by Crippen LogP contribution is 2.40. The topological polar surface area (TPSA) is 45.2 Å². The second-order valence-electron chi connectivity index (χ2n) is 7.08. The first-order chi connectivity index (χ1) is 9.77. The van der Waals surface area contributed by atoms with Crippen LogP contribution < -0.4 is 0 Å². The summed E-state index contributed by atoms with van der Waals surface area (Å²) in [6, 6.07) is 2.12. The Balaban J connectivity index is 2.06. The summed E-state index contributed by atoms with van der Waals surface area (Å²) in [6.45, 7) is 10.4. The van der Waals surface area contributed by atoms with Crippen LogP contribution in [0.1, 0.15) is 50.6 Å². The molecule has 2 aliphatic rings. The van der Waals surface area contributed by atoms with Crippen molar-refractivity contribution in [2.75, 3.05) is 0 Å². The van der Waals surface area contributed by atoms with Crippen LogP contribution in [0.5, 0.6) is 0 Å². The summed E-state index contributed by atoms with van der Waals surface area (Å²) in [5.41, 5.74) is 7.24. The van der Waals surface area contributed by atoms with Crippen LogP contribution in [0.4, 0.5) is 0 Å². The van der Waals surface area contributed by atoms with Crippen molar-refractivity contribution in [2.45, 2.75) is 47.5 Å². The number of aromatic nitrogens is 1. The minimum atomic E-state index is 0.0219. The van der Waals surface area contributed by atoms with Crippen LogP contribution in [-0.4, -0.2) is 16.5 Å². The van der Waals surface area contributed by atoms with E-state index >= 15 is 0 Å². The number of H-pyrrole nitrogens is 1. The largest absolute Gasteiger partial charge is 0.359 e. The Morgan fingerprint density at radius 1 is 1.24 bits per heavy atom. The molecule has 0 aromatic carbocycles. The molecular weight excluding hydrogens is 260 g/mol. The first-order valence-corrected chi connectivity index (χ1v) is 7.47. The van der Waals surface area contributed by atoms with E-state index in [0.29, 0.717) is 6.42 Å². The van der Waals surface area contributed by atoms with E-state index in [9.17, 15) is 4.79 Å². The summed E-state index contributed by atoms with van der Waals surface area (Å²) < 4.78 is 0. The molecule has 0 bridgehead atoms. The average molecular weight is 282 g/mol. The van der Waals surface area contributed by atoms with Gasteiger partial charge in [-0.15, -0.1) is 0 Å². The number of nitrogens with one attached hydrogen (secondary N) is 1. The molecule has 2 heterocycles. The van der Waals surface area contributed by atoms with E-state index in [1.165, 1.54) is 5.56 Å².